The van der Waals surface area contributed by atoms with Crippen molar-refractivity contribution in [2.24, 2.45) is 0 Å². The maximum absolute atomic E-state index is 4.58. The third kappa shape index (κ3) is 3.31. The van der Waals surface area contributed by atoms with Gasteiger partial charge in [-0.25, -0.2) is 15.0 Å². The van der Waals surface area contributed by atoms with Gasteiger partial charge in [-0.15, -0.1) is 0 Å². The number of rotatable bonds is 4. The maximum atomic E-state index is 4.58. The zero-order valence-electron chi connectivity index (χ0n) is 12.7. The van der Waals surface area contributed by atoms with Crippen LogP contribution in [0, 0.1) is 6.92 Å². The molecule has 0 aromatic carbocycles. The molecule has 0 radical (unpaired) electrons. The van der Waals surface area contributed by atoms with Crippen LogP contribution in [0.5, 0.6) is 0 Å². The van der Waals surface area contributed by atoms with Crippen LogP contribution in [0.15, 0.2) is 12.3 Å². The van der Waals surface area contributed by atoms with Gasteiger partial charge in [0.05, 0.1) is 6.04 Å². The number of H-pyrrole nitrogens is 1. The number of anilines is 1. The summed E-state index contributed by atoms with van der Waals surface area (Å²) in [6.45, 7) is 10.3. The quantitative estimate of drug-likeness (QED) is 0.896. The predicted octanol–water partition coefficient (Wildman–Crippen LogP) is 2.76. The molecule has 2 rings (SSSR count). The van der Waals surface area contributed by atoms with Gasteiger partial charge < -0.3 is 5.32 Å². The number of nitrogens with one attached hydrogen (secondary N) is 2. The standard InChI is InChI=1S/C14H22N6/c1-6-10(12-16-9(2)19-20-12)17-11-7-8-15-13(18-11)14(3,4)5/h7-8,10H,6H2,1-5H3,(H,15,17,18)(H,16,19,20). The van der Waals surface area contributed by atoms with E-state index < -0.39 is 0 Å². The molecule has 20 heavy (non-hydrogen) atoms. The van der Waals surface area contributed by atoms with Crippen LogP contribution in [0.1, 0.15) is 57.6 Å². The van der Waals surface area contributed by atoms with Gasteiger partial charge in [-0.2, -0.15) is 5.10 Å². The first-order chi connectivity index (χ1) is 9.40. The highest BCUT2D eigenvalue weighted by atomic mass is 15.2. The Morgan fingerprint density at radius 3 is 2.60 bits per heavy atom. The van der Waals surface area contributed by atoms with Crippen molar-refractivity contribution in [3.05, 3.63) is 29.7 Å². The van der Waals surface area contributed by atoms with Gasteiger partial charge in [-0.1, -0.05) is 27.7 Å². The molecule has 1 atom stereocenters. The van der Waals surface area contributed by atoms with Crippen molar-refractivity contribution in [3.8, 4) is 0 Å². The molecule has 2 aromatic rings. The number of nitrogens with zero attached hydrogens (tertiary/aromatic N) is 4. The molecule has 0 amide bonds. The van der Waals surface area contributed by atoms with Gasteiger partial charge in [0.1, 0.15) is 17.5 Å². The van der Waals surface area contributed by atoms with Crippen molar-refractivity contribution in [2.45, 2.75) is 52.5 Å². The Balaban J connectivity index is 2.20. The largest absolute Gasteiger partial charge is 0.360 e. The van der Waals surface area contributed by atoms with Gasteiger partial charge in [0.25, 0.3) is 0 Å². The van der Waals surface area contributed by atoms with E-state index in [2.05, 4.69) is 58.2 Å². The molecule has 0 saturated heterocycles. The fourth-order valence-corrected chi connectivity index (χ4v) is 1.84. The van der Waals surface area contributed by atoms with Crippen LogP contribution in [0.3, 0.4) is 0 Å². The monoisotopic (exact) mass is 274 g/mol. The predicted molar refractivity (Wildman–Crippen MR) is 78.5 cm³/mol. The van der Waals surface area contributed by atoms with Crippen LogP contribution in [0.4, 0.5) is 5.82 Å². The fraction of sp³-hybridized carbons (Fsp3) is 0.571. The lowest BCUT2D eigenvalue weighted by Gasteiger charge is -2.19. The summed E-state index contributed by atoms with van der Waals surface area (Å²) in [5.74, 6) is 3.21. The lowest BCUT2D eigenvalue weighted by molar-refractivity contribution is 0.544. The number of aromatic nitrogens is 5. The molecule has 0 spiro atoms. The number of aryl methyl sites for hydroxylation is 1. The second kappa shape index (κ2) is 5.56. The van der Waals surface area contributed by atoms with E-state index >= 15 is 0 Å². The minimum Gasteiger partial charge on any atom is -0.360 e. The topological polar surface area (TPSA) is 79.4 Å². The minimum atomic E-state index is -0.0689. The summed E-state index contributed by atoms with van der Waals surface area (Å²) in [5, 5.41) is 10.5. The summed E-state index contributed by atoms with van der Waals surface area (Å²) >= 11 is 0. The molecule has 0 aliphatic carbocycles. The summed E-state index contributed by atoms with van der Waals surface area (Å²) in [4.78, 5) is 13.3. The van der Waals surface area contributed by atoms with Crippen molar-refractivity contribution in [3.63, 3.8) is 0 Å². The zero-order valence-corrected chi connectivity index (χ0v) is 12.7. The Labute approximate surface area is 119 Å². The van der Waals surface area contributed by atoms with Crippen LogP contribution in [-0.2, 0) is 5.41 Å². The van der Waals surface area contributed by atoms with E-state index in [1.807, 2.05) is 13.0 Å². The zero-order chi connectivity index (χ0) is 14.8. The molecule has 2 N–H and O–H groups in total. The average molecular weight is 274 g/mol. The number of aromatic amines is 1. The Hall–Kier alpha value is -1.98. The lowest BCUT2D eigenvalue weighted by Crippen LogP contribution is -2.18. The van der Waals surface area contributed by atoms with Gasteiger partial charge in [0, 0.05) is 11.6 Å². The summed E-state index contributed by atoms with van der Waals surface area (Å²) in [6.07, 6.45) is 2.66. The molecule has 1 unspecified atom stereocenters. The van der Waals surface area contributed by atoms with Crippen molar-refractivity contribution >= 4 is 5.82 Å². The minimum absolute atomic E-state index is 0.0441. The normalized spacial score (nSPS) is 13.2. The average Bonchev–Trinajstić information content (AvgIpc) is 2.82. The summed E-state index contributed by atoms with van der Waals surface area (Å²) in [5.41, 5.74) is -0.0689. The van der Waals surface area contributed by atoms with Gasteiger partial charge in [-0.05, 0) is 19.4 Å². The first kappa shape index (κ1) is 14.4. The molecule has 108 valence electrons. The van der Waals surface area contributed by atoms with Crippen LogP contribution in [0.25, 0.3) is 0 Å². The van der Waals surface area contributed by atoms with Crippen LogP contribution >= 0.6 is 0 Å². The highest BCUT2D eigenvalue weighted by Crippen LogP contribution is 2.22. The molecule has 0 aliphatic heterocycles. The van der Waals surface area contributed by atoms with Gasteiger partial charge in [0.15, 0.2) is 5.82 Å². The van der Waals surface area contributed by atoms with Crippen LogP contribution in [0.2, 0.25) is 0 Å². The molecular weight excluding hydrogens is 252 g/mol. The lowest BCUT2D eigenvalue weighted by atomic mass is 9.96. The second-order valence-corrected chi connectivity index (χ2v) is 5.90. The molecule has 0 aliphatic rings. The first-order valence-corrected chi connectivity index (χ1v) is 6.89. The first-order valence-electron chi connectivity index (χ1n) is 6.89. The van der Waals surface area contributed by atoms with E-state index in [1.165, 1.54) is 0 Å². The van der Waals surface area contributed by atoms with E-state index in [-0.39, 0.29) is 11.5 Å². The summed E-state index contributed by atoms with van der Waals surface area (Å²) in [7, 11) is 0. The SMILES string of the molecule is CCC(Nc1ccnc(C(C)(C)C)n1)c1n[nH]c(C)n1. The Bertz CT molecular complexity index is 569. The smallest absolute Gasteiger partial charge is 0.172 e. The third-order valence-corrected chi connectivity index (χ3v) is 2.98. The molecule has 2 heterocycles. The van der Waals surface area contributed by atoms with Gasteiger partial charge in [-0.3, -0.25) is 5.10 Å². The van der Waals surface area contributed by atoms with E-state index in [0.717, 1.165) is 29.7 Å². The summed E-state index contributed by atoms with van der Waals surface area (Å²) in [6, 6.07) is 1.92. The Morgan fingerprint density at radius 2 is 2.05 bits per heavy atom. The van der Waals surface area contributed by atoms with E-state index in [4.69, 9.17) is 0 Å². The maximum Gasteiger partial charge on any atom is 0.172 e. The van der Waals surface area contributed by atoms with E-state index in [1.54, 1.807) is 6.20 Å². The summed E-state index contributed by atoms with van der Waals surface area (Å²) < 4.78 is 0. The van der Waals surface area contributed by atoms with Crippen molar-refractivity contribution in [1.29, 1.82) is 0 Å². The molecule has 2 aromatic heterocycles. The molecule has 6 nitrogen and oxygen atoms in total. The number of hydrogen-bond donors (Lipinski definition) is 2. The van der Waals surface area contributed by atoms with Crippen LogP contribution < -0.4 is 5.32 Å². The van der Waals surface area contributed by atoms with Crippen molar-refractivity contribution in [1.82, 2.24) is 25.1 Å². The van der Waals surface area contributed by atoms with E-state index in [0.29, 0.717) is 0 Å². The van der Waals surface area contributed by atoms with Gasteiger partial charge in [0.2, 0.25) is 0 Å². The molecule has 0 bridgehead atoms. The van der Waals surface area contributed by atoms with Crippen molar-refractivity contribution in [2.75, 3.05) is 5.32 Å². The fourth-order valence-electron chi connectivity index (χ4n) is 1.84. The Kier molecular flexibility index (Phi) is 4.01. The Morgan fingerprint density at radius 1 is 1.30 bits per heavy atom. The van der Waals surface area contributed by atoms with Crippen molar-refractivity contribution < 1.29 is 0 Å². The molecular formula is C14H22N6. The van der Waals surface area contributed by atoms with Gasteiger partial charge >= 0.3 is 0 Å². The molecule has 6 heteroatoms. The third-order valence-electron chi connectivity index (χ3n) is 2.98. The molecule has 0 fully saturated rings. The highest BCUT2D eigenvalue weighted by Gasteiger charge is 2.19. The molecule has 0 saturated carbocycles. The van der Waals surface area contributed by atoms with Crippen LogP contribution in [-0.4, -0.2) is 25.1 Å². The number of hydrogen-bond acceptors (Lipinski definition) is 5. The second-order valence-electron chi connectivity index (χ2n) is 5.90. The highest BCUT2D eigenvalue weighted by molar-refractivity contribution is 5.36. The van der Waals surface area contributed by atoms with E-state index in [9.17, 15) is 0 Å².